The van der Waals surface area contributed by atoms with Crippen molar-refractivity contribution in [3.63, 3.8) is 0 Å². The zero-order valence-corrected chi connectivity index (χ0v) is 12.1. The number of hydrogen-bond donors (Lipinski definition) is 2. The summed E-state index contributed by atoms with van der Waals surface area (Å²) in [6.07, 6.45) is 0.775. The second kappa shape index (κ2) is 5.11. The Morgan fingerprint density at radius 3 is 2.42 bits per heavy atom. The van der Waals surface area contributed by atoms with Gasteiger partial charge in [0.1, 0.15) is 0 Å². The summed E-state index contributed by atoms with van der Waals surface area (Å²) in [5.74, 6) is 0. The average molecular weight is 284 g/mol. The molecule has 1 unspecified atom stereocenters. The summed E-state index contributed by atoms with van der Waals surface area (Å²) < 4.78 is 26.7. The third-order valence-corrected chi connectivity index (χ3v) is 5.61. The molecule has 1 aromatic carbocycles. The number of benzene rings is 1. The van der Waals surface area contributed by atoms with Crippen molar-refractivity contribution in [1.82, 2.24) is 4.31 Å². The van der Waals surface area contributed by atoms with Crippen molar-refractivity contribution in [2.24, 2.45) is 0 Å². The molecule has 0 aliphatic carbocycles. The molecule has 1 heterocycles. The van der Waals surface area contributed by atoms with E-state index in [0.29, 0.717) is 41.1 Å². The molecule has 1 atom stereocenters. The molecule has 1 aliphatic heterocycles. The first-order valence-electron chi connectivity index (χ1n) is 6.37. The van der Waals surface area contributed by atoms with E-state index in [1.165, 1.54) is 4.31 Å². The Labute approximate surface area is 114 Å². The van der Waals surface area contributed by atoms with Gasteiger partial charge in [0.25, 0.3) is 0 Å². The van der Waals surface area contributed by atoms with E-state index in [-0.39, 0.29) is 6.54 Å². The van der Waals surface area contributed by atoms with Crippen molar-refractivity contribution in [3.05, 3.63) is 23.3 Å². The molecule has 1 saturated heterocycles. The first kappa shape index (κ1) is 14.3. The predicted molar refractivity (Wildman–Crippen MR) is 74.3 cm³/mol. The number of anilines is 1. The number of hydrogen-bond acceptors (Lipinski definition) is 4. The highest BCUT2D eigenvalue weighted by atomic mass is 32.2. The number of nitrogens with zero attached hydrogens (tertiary/aromatic N) is 1. The molecule has 0 spiro atoms. The molecule has 0 amide bonds. The second-order valence-electron chi connectivity index (χ2n) is 5.14. The van der Waals surface area contributed by atoms with Crippen LogP contribution in [-0.2, 0) is 10.0 Å². The predicted octanol–water partition coefficient (Wildman–Crippen LogP) is 1.03. The van der Waals surface area contributed by atoms with Crippen molar-refractivity contribution in [3.8, 4) is 0 Å². The zero-order chi connectivity index (χ0) is 14.2. The second-order valence-corrected chi connectivity index (χ2v) is 7.02. The van der Waals surface area contributed by atoms with Crippen LogP contribution in [0.15, 0.2) is 17.0 Å². The van der Waals surface area contributed by atoms with Gasteiger partial charge >= 0.3 is 0 Å². The van der Waals surface area contributed by atoms with Crippen molar-refractivity contribution in [2.45, 2.75) is 37.7 Å². The van der Waals surface area contributed by atoms with Gasteiger partial charge in [0, 0.05) is 18.8 Å². The number of nitrogen functional groups attached to an aromatic ring is 1. The fraction of sp³-hybridized carbons (Fsp3) is 0.538. The molecule has 106 valence electrons. The minimum atomic E-state index is -3.56. The quantitative estimate of drug-likeness (QED) is 0.795. The lowest BCUT2D eigenvalue weighted by Gasteiger charge is -2.30. The van der Waals surface area contributed by atoms with Crippen LogP contribution < -0.4 is 5.73 Å². The first-order valence-corrected chi connectivity index (χ1v) is 7.81. The number of sulfonamides is 1. The van der Waals surface area contributed by atoms with Crippen molar-refractivity contribution in [1.29, 1.82) is 0 Å². The number of aliphatic hydroxyl groups excluding tert-OH is 1. The van der Waals surface area contributed by atoms with Gasteiger partial charge in [-0.25, -0.2) is 8.42 Å². The molecule has 6 heteroatoms. The first-order chi connectivity index (χ1) is 8.82. The maximum atomic E-state index is 12.7. The van der Waals surface area contributed by atoms with Crippen LogP contribution >= 0.6 is 0 Å². The molecule has 5 nitrogen and oxygen atoms in total. The van der Waals surface area contributed by atoms with E-state index in [9.17, 15) is 13.5 Å². The highest BCUT2D eigenvalue weighted by molar-refractivity contribution is 7.89. The van der Waals surface area contributed by atoms with Gasteiger partial charge in [-0.05, 0) is 49.9 Å². The molecular formula is C13H20N2O3S. The van der Waals surface area contributed by atoms with Crippen LogP contribution in [0.2, 0.25) is 0 Å². The largest absolute Gasteiger partial charge is 0.399 e. The summed E-state index contributed by atoms with van der Waals surface area (Å²) in [6.45, 7) is 4.13. The van der Waals surface area contributed by atoms with Crippen molar-refractivity contribution < 1.29 is 13.5 Å². The molecule has 19 heavy (non-hydrogen) atoms. The monoisotopic (exact) mass is 284 g/mol. The smallest absolute Gasteiger partial charge is 0.243 e. The third-order valence-electron chi connectivity index (χ3n) is 3.44. The van der Waals surface area contributed by atoms with Gasteiger partial charge in [-0.3, -0.25) is 0 Å². The SMILES string of the molecule is Cc1cc(N)cc(C)c1S(=O)(=O)N1CCCC(O)C1. The minimum absolute atomic E-state index is 0.172. The van der Waals surface area contributed by atoms with Crippen molar-refractivity contribution >= 4 is 15.7 Å². The summed E-state index contributed by atoms with van der Waals surface area (Å²) in [5, 5.41) is 9.65. The molecule has 0 bridgehead atoms. The average Bonchev–Trinajstić information content (AvgIpc) is 2.26. The molecule has 0 saturated carbocycles. The molecule has 2 rings (SSSR count). The van der Waals surface area contributed by atoms with E-state index in [1.54, 1.807) is 26.0 Å². The highest BCUT2D eigenvalue weighted by Crippen LogP contribution is 2.28. The highest BCUT2D eigenvalue weighted by Gasteiger charge is 2.31. The maximum absolute atomic E-state index is 12.7. The number of aliphatic hydroxyl groups is 1. The molecule has 0 radical (unpaired) electrons. The fourth-order valence-corrected chi connectivity index (χ4v) is 4.59. The molecule has 1 fully saturated rings. The van der Waals surface area contributed by atoms with E-state index in [2.05, 4.69) is 0 Å². The number of nitrogens with two attached hydrogens (primary N) is 1. The standard InChI is InChI=1S/C13H20N2O3S/c1-9-6-11(14)7-10(2)13(9)19(17,18)15-5-3-4-12(16)8-15/h6-7,12,16H,3-5,8,14H2,1-2H3. The zero-order valence-electron chi connectivity index (χ0n) is 11.3. The Hall–Kier alpha value is -1.11. The normalized spacial score (nSPS) is 21.5. The summed E-state index contributed by atoms with van der Waals surface area (Å²) in [7, 11) is -3.56. The van der Waals surface area contributed by atoms with Crippen LogP contribution in [-0.4, -0.2) is 37.0 Å². The Morgan fingerprint density at radius 2 is 1.89 bits per heavy atom. The van der Waals surface area contributed by atoms with Gasteiger partial charge in [-0.15, -0.1) is 0 Å². The van der Waals surface area contributed by atoms with Gasteiger partial charge in [0.15, 0.2) is 0 Å². The number of β-amino-alcohol motifs (C(OH)–C–C–N with tert-alkyl or cyclic N) is 1. The lowest BCUT2D eigenvalue weighted by Crippen LogP contribution is -2.42. The molecule has 1 aliphatic rings. The minimum Gasteiger partial charge on any atom is -0.399 e. The van der Waals surface area contributed by atoms with Crippen LogP contribution in [0.25, 0.3) is 0 Å². The molecule has 0 aromatic heterocycles. The van der Waals surface area contributed by atoms with E-state index >= 15 is 0 Å². The number of piperidine rings is 1. The lowest BCUT2D eigenvalue weighted by molar-refractivity contribution is 0.108. The topological polar surface area (TPSA) is 83.6 Å². The lowest BCUT2D eigenvalue weighted by atomic mass is 10.1. The fourth-order valence-electron chi connectivity index (χ4n) is 2.66. The number of rotatable bonds is 2. The van der Waals surface area contributed by atoms with Gasteiger partial charge in [-0.1, -0.05) is 0 Å². The van der Waals surface area contributed by atoms with E-state index in [1.807, 2.05) is 0 Å². The van der Waals surface area contributed by atoms with Gasteiger partial charge in [-0.2, -0.15) is 4.31 Å². The molecule has 1 aromatic rings. The Balaban J connectivity index is 2.45. The van der Waals surface area contributed by atoms with Crippen LogP contribution in [0.3, 0.4) is 0 Å². The molecule has 3 N–H and O–H groups in total. The van der Waals surface area contributed by atoms with Crippen LogP contribution in [0.4, 0.5) is 5.69 Å². The van der Waals surface area contributed by atoms with Crippen molar-refractivity contribution in [2.75, 3.05) is 18.8 Å². The van der Waals surface area contributed by atoms with Gasteiger partial charge in [0.05, 0.1) is 11.0 Å². The molecular weight excluding hydrogens is 264 g/mol. The summed E-state index contributed by atoms with van der Waals surface area (Å²) >= 11 is 0. The Morgan fingerprint density at radius 1 is 1.32 bits per heavy atom. The third kappa shape index (κ3) is 2.75. The van der Waals surface area contributed by atoms with E-state index < -0.39 is 16.1 Å². The van der Waals surface area contributed by atoms with Gasteiger partial charge < -0.3 is 10.8 Å². The van der Waals surface area contributed by atoms with Crippen LogP contribution in [0, 0.1) is 13.8 Å². The van der Waals surface area contributed by atoms with E-state index in [4.69, 9.17) is 5.73 Å². The van der Waals surface area contributed by atoms with Crippen LogP contribution in [0.1, 0.15) is 24.0 Å². The van der Waals surface area contributed by atoms with Crippen LogP contribution in [0.5, 0.6) is 0 Å². The summed E-state index contributed by atoms with van der Waals surface area (Å²) in [4.78, 5) is 0.316. The Bertz CT molecular complexity index is 561. The summed E-state index contributed by atoms with van der Waals surface area (Å²) in [6, 6.07) is 3.33. The summed E-state index contributed by atoms with van der Waals surface area (Å²) in [5.41, 5.74) is 7.59. The Kier molecular flexibility index (Phi) is 3.85. The van der Waals surface area contributed by atoms with E-state index in [0.717, 1.165) is 0 Å². The maximum Gasteiger partial charge on any atom is 0.243 e. The number of aryl methyl sites for hydroxylation is 2. The van der Waals surface area contributed by atoms with Gasteiger partial charge in [0.2, 0.25) is 10.0 Å².